The van der Waals surface area contributed by atoms with Crippen LogP contribution in [0.3, 0.4) is 0 Å². The predicted molar refractivity (Wildman–Crippen MR) is 76.7 cm³/mol. The van der Waals surface area contributed by atoms with E-state index >= 15 is 0 Å². The molecule has 0 bridgehead atoms. The van der Waals surface area contributed by atoms with Crippen molar-refractivity contribution in [3.63, 3.8) is 0 Å². The first-order chi connectivity index (χ1) is 9.77. The molecule has 3 fully saturated rings. The molecule has 1 saturated heterocycles. The zero-order valence-corrected chi connectivity index (χ0v) is 12.3. The normalized spacial score (nSPS) is 39.8. The molecule has 0 amide bonds. The van der Waals surface area contributed by atoms with Crippen LogP contribution in [-0.4, -0.2) is 47.3 Å². The van der Waals surface area contributed by atoms with E-state index in [9.17, 15) is 9.90 Å². The molecule has 2 aliphatic carbocycles. The number of carboxylic acids is 1. The minimum atomic E-state index is -0.587. The van der Waals surface area contributed by atoms with Gasteiger partial charge in [-0.25, -0.2) is 0 Å². The van der Waals surface area contributed by atoms with E-state index in [0.29, 0.717) is 12.1 Å². The molecule has 1 aliphatic heterocycles. The third kappa shape index (κ3) is 2.86. The molecule has 0 spiro atoms. The zero-order valence-electron chi connectivity index (χ0n) is 12.3. The summed E-state index contributed by atoms with van der Waals surface area (Å²) in [6.07, 6.45) is 10.6. The summed E-state index contributed by atoms with van der Waals surface area (Å²) in [4.78, 5) is 14.2. The second-order valence-electron chi connectivity index (χ2n) is 6.65. The lowest BCUT2D eigenvalue weighted by molar-refractivity contribution is -0.150. The van der Waals surface area contributed by atoms with Gasteiger partial charge in [0.1, 0.15) is 0 Å². The second-order valence-corrected chi connectivity index (χ2v) is 6.65. The van der Waals surface area contributed by atoms with Gasteiger partial charge in [-0.15, -0.1) is 0 Å². The van der Waals surface area contributed by atoms with Gasteiger partial charge < -0.3 is 9.84 Å². The molecule has 4 nitrogen and oxygen atoms in total. The van der Waals surface area contributed by atoms with Crippen molar-refractivity contribution in [1.82, 2.24) is 4.90 Å². The first kappa shape index (κ1) is 14.3. The number of hydrogen-bond donors (Lipinski definition) is 1. The highest BCUT2D eigenvalue weighted by molar-refractivity contribution is 5.71. The van der Waals surface area contributed by atoms with Crippen molar-refractivity contribution in [1.29, 1.82) is 0 Å². The third-order valence-corrected chi connectivity index (χ3v) is 5.50. The van der Waals surface area contributed by atoms with Crippen molar-refractivity contribution < 1.29 is 14.6 Å². The summed E-state index contributed by atoms with van der Waals surface area (Å²) in [5, 5.41) is 9.60. The van der Waals surface area contributed by atoms with Crippen molar-refractivity contribution in [3.8, 4) is 0 Å². The van der Waals surface area contributed by atoms with Crippen LogP contribution >= 0.6 is 0 Å². The Bertz CT molecular complexity index is 345. The highest BCUT2D eigenvalue weighted by atomic mass is 16.5. The molecule has 4 heteroatoms. The Morgan fingerprint density at radius 2 is 1.65 bits per heavy atom. The standard InChI is InChI=1S/C16H27NO3/c18-16(19)12-6-2-1-3-7-13(12)17-10-11-20-15-9-5-4-8-14(15)17/h12-15H,1-11H2,(H,18,19). The summed E-state index contributed by atoms with van der Waals surface area (Å²) in [5.41, 5.74) is 0. The molecule has 0 aromatic carbocycles. The number of carboxylic acid groups (broad SMARTS) is 1. The van der Waals surface area contributed by atoms with E-state index in [1.54, 1.807) is 0 Å². The van der Waals surface area contributed by atoms with Gasteiger partial charge in [0.25, 0.3) is 0 Å². The average molecular weight is 281 g/mol. The maximum Gasteiger partial charge on any atom is 0.308 e. The van der Waals surface area contributed by atoms with Gasteiger partial charge >= 0.3 is 5.97 Å². The number of ether oxygens (including phenoxy) is 1. The van der Waals surface area contributed by atoms with Crippen LogP contribution in [0.1, 0.15) is 57.8 Å². The Morgan fingerprint density at radius 1 is 0.950 bits per heavy atom. The molecule has 0 radical (unpaired) electrons. The van der Waals surface area contributed by atoms with E-state index in [2.05, 4.69) is 4.90 Å². The Morgan fingerprint density at radius 3 is 2.50 bits per heavy atom. The summed E-state index contributed by atoms with van der Waals surface area (Å²) in [5.74, 6) is -0.756. The van der Waals surface area contributed by atoms with Crippen molar-refractivity contribution in [3.05, 3.63) is 0 Å². The van der Waals surface area contributed by atoms with E-state index in [-0.39, 0.29) is 12.0 Å². The van der Waals surface area contributed by atoms with Crippen molar-refractivity contribution in [2.75, 3.05) is 13.2 Å². The first-order valence-corrected chi connectivity index (χ1v) is 8.37. The fourth-order valence-corrected chi connectivity index (χ4v) is 4.51. The lowest BCUT2D eigenvalue weighted by atomic mass is 9.85. The molecule has 0 aromatic rings. The summed E-state index contributed by atoms with van der Waals surface area (Å²) in [6, 6.07) is 0.715. The van der Waals surface area contributed by atoms with Gasteiger partial charge in [-0.2, -0.15) is 0 Å². The topological polar surface area (TPSA) is 49.8 Å². The number of aliphatic carboxylic acids is 1. The van der Waals surface area contributed by atoms with Crippen LogP contribution < -0.4 is 0 Å². The Hall–Kier alpha value is -0.610. The van der Waals surface area contributed by atoms with Crippen LogP contribution in [-0.2, 0) is 9.53 Å². The second kappa shape index (κ2) is 6.44. The van der Waals surface area contributed by atoms with E-state index < -0.39 is 5.97 Å². The fraction of sp³-hybridized carbons (Fsp3) is 0.938. The summed E-state index contributed by atoms with van der Waals surface area (Å²) in [6.45, 7) is 1.71. The van der Waals surface area contributed by atoms with Crippen molar-refractivity contribution in [2.45, 2.75) is 76.0 Å². The molecule has 4 unspecified atom stereocenters. The maximum absolute atomic E-state index is 11.7. The highest BCUT2D eigenvalue weighted by Crippen LogP contribution is 2.35. The minimum absolute atomic E-state index is 0.168. The van der Waals surface area contributed by atoms with Crippen molar-refractivity contribution >= 4 is 5.97 Å². The van der Waals surface area contributed by atoms with E-state index in [1.165, 1.54) is 32.1 Å². The van der Waals surface area contributed by atoms with Gasteiger partial charge in [0.2, 0.25) is 0 Å². The predicted octanol–water partition coefficient (Wildman–Crippen LogP) is 2.66. The van der Waals surface area contributed by atoms with Crippen LogP contribution in [0.4, 0.5) is 0 Å². The molecule has 2 saturated carbocycles. The van der Waals surface area contributed by atoms with Crippen molar-refractivity contribution in [2.24, 2.45) is 5.92 Å². The number of fused-ring (bicyclic) bond motifs is 1. The van der Waals surface area contributed by atoms with Crippen LogP contribution in [0.25, 0.3) is 0 Å². The Kier molecular flexibility index (Phi) is 4.61. The third-order valence-electron chi connectivity index (χ3n) is 5.50. The van der Waals surface area contributed by atoms with Gasteiger partial charge in [0.15, 0.2) is 0 Å². The molecular formula is C16H27NO3. The summed E-state index contributed by atoms with van der Waals surface area (Å²) in [7, 11) is 0. The van der Waals surface area contributed by atoms with Gasteiger partial charge in [-0.1, -0.05) is 32.1 Å². The summed E-state index contributed by atoms with van der Waals surface area (Å²) < 4.78 is 5.94. The molecule has 1 heterocycles. The van der Waals surface area contributed by atoms with Gasteiger partial charge in [-0.3, -0.25) is 9.69 Å². The number of hydrogen-bond acceptors (Lipinski definition) is 3. The Labute approximate surface area is 121 Å². The average Bonchev–Trinajstić information content (AvgIpc) is 2.72. The molecular weight excluding hydrogens is 254 g/mol. The number of carbonyl (C=O) groups is 1. The first-order valence-electron chi connectivity index (χ1n) is 8.37. The lowest BCUT2D eigenvalue weighted by Crippen LogP contribution is -2.58. The smallest absolute Gasteiger partial charge is 0.308 e. The van der Waals surface area contributed by atoms with E-state index in [4.69, 9.17) is 4.74 Å². The highest BCUT2D eigenvalue weighted by Gasteiger charge is 2.42. The van der Waals surface area contributed by atoms with Gasteiger partial charge in [0, 0.05) is 18.6 Å². The van der Waals surface area contributed by atoms with E-state index in [1.807, 2.05) is 0 Å². The molecule has 20 heavy (non-hydrogen) atoms. The monoisotopic (exact) mass is 281 g/mol. The SMILES string of the molecule is O=C(O)C1CCCCCC1N1CCOC2CCCCC21. The molecule has 3 aliphatic rings. The van der Waals surface area contributed by atoms with Gasteiger partial charge in [0.05, 0.1) is 18.6 Å². The Balaban J connectivity index is 1.78. The number of rotatable bonds is 2. The quantitative estimate of drug-likeness (QED) is 0.791. The van der Waals surface area contributed by atoms with Crippen LogP contribution in [0.5, 0.6) is 0 Å². The molecule has 3 rings (SSSR count). The zero-order chi connectivity index (χ0) is 13.9. The molecule has 114 valence electrons. The molecule has 4 atom stereocenters. The number of nitrogens with zero attached hydrogens (tertiary/aromatic N) is 1. The van der Waals surface area contributed by atoms with E-state index in [0.717, 1.165) is 38.8 Å². The molecule has 1 N–H and O–H groups in total. The summed E-state index contributed by atoms with van der Waals surface area (Å²) >= 11 is 0. The number of morpholine rings is 1. The lowest BCUT2D eigenvalue weighted by Gasteiger charge is -2.48. The largest absolute Gasteiger partial charge is 0.481 e. The maximum atomic E-state index is 11.7. The van der Waals surface area contributed by atoms with Crippen LogP contribution in [0.15, 0.2) is 0 Å². The fourth-order valence-electron chi connectivity index (χ4n) is 4.51. The van der Waals surface area contributed by atoms with Crippen LogP contribution in [0.2, 0.25) is 0 Å². The molecule has 0 aromatic heterocycles. The van der Waals surface area contributed by atoms with Crippen LogP contribution in [0, 0.1) is 5.92 Å². The minimum Gasteiger partial charge on any atom is -0.481 e. The van der Waals surface area contributed by atoms with Gasteiger partial charge in [-0.05, 0) is 25.7 Å².